The van der Waals surface area contributed by atoms with Crippen molar-refractivity contribution in [2.45, 2.75) is 6.92 Å². The first-order valence-electron chi connectivity index (χ1n) is 7.83. The normalized spacial score (nSPS) is 10.8. The Morgan fingerprint density at radius 2 is 1.84 bits per heavy atom. The number of anilines is 1. The number of nitrogens with one attached hydrogen (secondary N) is 1. The van der Waals surface area contributed by atoms with Crippen LogP contribution in [0.1, 0.15) is 6.92 Å². The smallest absolute Gasteiger partial charge is 0.169 e. The summed E-state index contributed by atoms with van der Waals surface area (Å²) in [5, 5.41) is 4.73. The van der Waals surface area contributed by atoms with E-state index >= 15 is 0 Å². The lowest BCUT2D eigenvalue weighted by Gasteiger charge is -2.16. The number of hydrogen-bond acceptors (Lipinski definition) is 4. The van der Waals surface area contributed by atoms with Gasteiger partial charge in [-0.25, -0.2) is 13.8 Å². The van der Waals surface area contributed by atoms with Crippen molar-refractivity contribution in [3.8, 4) is 22.6 Å². The zero-order valence-corrected chi connectivity index (χ0v) is 14.2. The third-order valence-corrected chi connectivity index (χ3v) is 3.97. The molecule has 0 saturated carbocycles. The lowest BCUT2D eigenvalue weighted by molar-refractivity contribution is 0.358. The fourth-order valence-corrected chi connectivity index (χ4v) is 2.85. The average molecular weight is 344 g/mol. The number of fused-ring (bicyclic) bond motifs is 1. The second kappa shape index (κ2) is 6.93. The van der Waals surface area contributed by atoms with Crippen LogP contribution >= 0.6 is 0 Å². The van der Waals surface area contributed by atoms with Crippen LogP contribution in [0.4, 0.5) is 14.6 Å². The highest BCUT2D eigenvalue weighted by Crippen LogP contribution is 2.43. The molecule has 0 radical (unpaired) electrons. The van der Waals surface area contributed by atoms with Crippen LogP contribution in [0.2, 0.25) is 0 Å². The SMILES string of the molecule is CCNc1ncc(-c2ccc(F)c(F)c2)c2c(OC)c(OC)ccc12. The molecule has 0 atom stereocenters. The number of halogens is 2. The lowest BCUT2D eigenvalue weighted by Crippen LogP contribution is -2.02. The minimum absolute atomic E-state index is 0.506. The monoisotopic (exact) mass is 344 g/mol. The maximum atomic E-state index is 13.7. The van der Waals surface area contributed by atoms with Crippen LogP contribution in [0.15, 0.2) is 36.5 Å². The molecule has 25 heavy (non-hydrogen) atoms. The predicted octanol–water partition coefficient (Wildman–Crippen LogP) is 4.63. The Bertz CT molecular complexity index is 929. The van der Waals surface area contributed by atoms with Gasteiger partial charge in [-0.3, -0.25) is 0 Å². The molecule has 0 unspecified atom stereocenters. The molecule has 1 N–H and O–H groups in total. The van der Waals surface area contributed by atoms with Gasteiger partial charge in [-0.05, 0) is 36.8 Å². The number of ether oxygens (including phenoxy) is 2. The minimum atomic E-state index is -0.914. The van der Waals surface area contributed by atoms with E-state index in [1.54, 1.807) is 26.5 Å². The second-order valence-electron chi connectivity index (χ2n) is 5.40. The van der Waals surface area contributed by atoms with Crippen LogP contribution in [0, 0.1) is 11.6 Å². The van der Waals surface area contributed by atoms with E-state index in [-0.39, 0.29) is 0 Å². The van der Waals surface area contributed by atoms with Crippen molar-refractivity contribution in [1.29, 1.82) is 0 Å². The van der Waals surface area contributed by atoms with Crippen LogP contribution in [0.25, 0.3) is 21.9 Å². The van der Waals surface area contributed by atoms with Crippen LogP contribution < -0.4 is 14.8 Å². The number of rotatable bonds is 5. The molecular weight excluding hydrogens is 326 g/mol. The van der Waals surface area contributed by atoms with E-state index in [1.807, 2.05) is 13.0 Å². The third-order valence-electron chi connectivity index (χ3n) is 3.97. The molecule has 0 aliphatic rings. The molecule has 3 aromatic rings. The first-order chi connectivity index (χ1) is 12.1. The number of pyridine rings is 1. The lowest BCUT2D eigenvalue weighted by atomic mass is 9.99. The summed E-state index contributed by atoms with van der Waals surface area (Å²) in [6.45, 7) is 2.67. The van der Waals surface area contributed by atoms with E-state index < -0.39 is 11.6 Å². The van der Waals surface area contributed by atoms with Gasteiger partial charge in [-0.2, -0.15) is 0 Å². The molecule has 130 valence electrons. The van der Waals surface area contributed by atoms with Gasteiger partial charge in [0.25, 0.3) is 0 Å². The van der Waals surface area contributed by atoms with Gasteiger partial charge in [-0.1, -0.05) is 6.07 Å². The standard InChI is InChI=1S/C19H18F2N2O2/c1-4-22-19-12-6-8-16(24-2)18(25-3)17(12)13(10-23-19)11-5-7-14(20)15(21)9-11/h5-10H,4H2,1-3H3,(H,22,23). The molecule has 0 amide bonds. The number of benzene rings is 2. The van der Waals surface area contributed by atoms with Gasteiger partial charge in [0.05, 0.1) is 14.2 Å². The third kappa shape index (κ3) is 2.95. The molecule has 0 spiro atoms. The van der Waals surface area contributed by atoms with E-state index in [4.69, 9.17) is 9.47 Å². The van der Waals surface area contributed by atoms with Gasteiger partial charge >= 0.3 is 0 Å². The van der Waals surface area contributed by atoms with Gasteiger partial charge in [-0.15, -0.1) is 0 Å². The predicted molar refractivity (Wildman–Crippen MR) is 94.4 cm³/mol. The first-order valence-corrected chi connectivity index (χ1v) is 7.83. The van der Waals surface area contributed by atoms with Crippen molar-refractivity contribution in [2.75, 3.05) is 26.1 Å². The van der Waals surface area contributed by atoms with Gasteiger partial charge < -0.3 is 14.8 Å². The summed E-state index contributed by atoms with van der Waals surface area (Å²) in [5.74, 6) is -0.0587. The molecule has 1 heterocycles. The molecule has 0 fully saturated rings. The Hall–Kier alpha value is -2.89. The summed E-state index contributed by atoms with van der Waals surface area (Å²) in [6, 6.07) is 7.42. The fourth-order valence-electron chi connectivity index (χ4n) is 2.85. The molecule has 0 saturated heterocycles. The van der Waals surface area contributed by atoms with Crippen LogP contribution in [-0.2, 0) is 0 Å². The Morgan fingerprint density at radius 3 is 2.48 bits per heavy atom. The van der Waals surface area contributed by atoms with E-state index in [0.29, 0.717) is 35.0 Å². The molecule has 2 aromatic carbocycles. The maximum Gasteiger partial charge on any atom is 0.169 e. The van der Waals surface area contributed by atoms with E-state index in [0.717, 1.165) is 22.9 Å². The summed E-state index contributed by atoms with van der Waals surface area (Å²) in [7, 11) is 3.09. The van der Waals surface area contributed by atoms with Crippen LogP contribution in [-0.4, -0.2) is 25.7 Å². The van der Waals surface area contributed by atoms with Crippen molar-refractivity contribution >= 4 is 16.6 Å². The van der Waals surface area contributed by atoms with Crippen molar-refractivity contribution in [2.24, 2.45) is 0 Å². The Kier molecular flexibility index (Phi) is 4.70. The Balaban J connectivity index is 2.38. The van der Waals surface area contributed by atoms with Crippen molar-refractivity contribution in [3.05, 3.63) is 48.2 Å². The molecule has 3 rings (SSSR count). The van der Waals surface area contributed by atoms with Gasteiger partial charge in [0.2, 0.25) is 0 Å². The highest BCUT2D eigenvalue weighted by Gasteiger charge is 2.18. The first kappa shape index (κ1) is 17.0. The molecule has 0 aliphatic carbocycles. The number of aromatic nitrogens is 1. The zero-order valence-electron chi connectivity index (χ0n) is 14.2. The Labute approximate surface area is 144 Å². The highest BCUT2D eigenvalue weighted by atomic mass is 19.2. The summed E-state index contributed by atoms with van der Waals surface area (Å²) in [4.78, 5) is 4.43. The molecule has 1 aromatic heterocycles. The summed E-state index contributed by atoms with van der Waals surface area (Å²) < 4.78 is 38.0. The molecule has 4 nitrogen and oxygen atoms in total. The summed E-state index contributed by atoms with van der Waals surface area (Å²) >= 11 is 0. The fraction of sp³-hybridized carbons (Fsp3) is 0.211. The van der Waals surface area contributed by atoms with Crippen LogP contribution in [0.3, 0.4) is 0 Å². The number of hydrogen-bond donors (Lipinski definition) is 1. The van der Waals surface area contributed by atoms with E-state index in [2.05, 4.69) is 10.3 Å². The van der Waals surface area contributed by atoms with E-state index in [1.165, 1.54) is 6.07 Å². The number of methoxy groups -OCH3 is 2. The topological polar surface area (TPSA) is 43.4 Å². The molecule has 0 bridgehead atoms. The van der Waals surface area contributed by atoms with Crippen LogP contribution in [0.5, 0.6) is 11.5 Å². The largest absolute Gasteiger partial charge is 0.493 e. The van der Waals surface area contributed by atoms with Gasteiger partial charge in [0.1, 0.15) is 5.82 Å². The molecular formula is C19H18F2N2O2. The quantitative estimate of drug-likeness (QED) is 0.733. The Morgan fingerprint density at radius 1 is 1.04 bits per heavy atom. The van der Waals surface area contributed by atoms with Gasteiger partial charge in [0.15, 0.2) is 23.1 Å². The zero-order chi connectivity index (χ0) is 18.0. The average Bonchev–Trinajstić information content (AvgIpc) is 2.63. The van der Waals surface area contributed by atoms with Crippen molar-refractivity contribution < 1.29 is 18.3 Å². The second-order valence-corrected chi connectivity index (χ2v) is 5.40. The molecule has 6 heteroatoms. The highest BCUT2D eigenvalue weighted by molar-refractivity contribution is 6.06. The van der Waals surface area contributed by atoms with E-state index in [9.17, 15) is 8.78 Å². The number of nitrogens with zero attached hydrogens (tertiary/aromatic N) is 1. The van der Waals surface area contributed by atoms with Crippen molar-refractivity contribution in [3.63, 3.8) is 0 Å². The van der Waals surface area contributed by atoms with Crippen molar-refractivity contribution in [1.82, 2.24) is 4.98 Å². The summed E-state index contributed by atoms with van der Waals surface area (Å²) in [5.41, 5.74) is 1.14. The van der Waals surface area contributed by atoms with Gasteiger partial charge in [0, 0.05) is 29.1 Å². The maximum absolute atomic E-state index is 13.7. The minimum Gasteiger partial charge on any atom is -0.493 e. The molecule has 0 aliphatic heterocycles. The summed E-state index contributed by atoms with van der Waals surface area (Å²) in [6.07, 6.45) is 1.62.